The van der Waals surface area contributed by atoms with E-state index in [1.54, 1.807) is 19.1 Å². The Morgan fingerprint density at radius 1 is 1.28 bits per heavy atom. The Morgan fingerprint density at radius 2 is 2.00 bits per heavy atom. The smallest absolute Gasteiger partial charge is 0.139 e. The predicted molar refractivity (Wildman–Crippen MR) is 70.9 cm³/mol. The molecule has 1 fully saturated rings. The van der Waals surface area contributed by atoms with Gasteiger partial charge in [-0.15, -0.1) is 0 Å². The number of benzene rings is 1. The third kappa shape index (κ3) is 3.03. The molecule has 0 amide bonds. The van der Waals surface area contributed by atoms with E-state index < -0.39 is 0 Å². The van der Waals surface area contributed by atoms with Gasteiger partial charge in [0, 0.05) is 18.6 Å². The van der Waals surface area contributed by atoms with Crippen LogP contribution in [0.25, 0.3) is 0 Å². The highest BCUT2D eigenvalue weighted by Crippen LogP contribution is 2.33. The first-order valence-electron chi connectivity index (χ1n) is 6.20. The molecule has 0 bridgehead atoms. The lowest BCUT2D eigenvalue weighted by atomic mass is 9.76. The van der Waals surface area contributed by atoms with Crippen molar-refractivity contribution in [1.82, 2.24) is 0 Å². The van der Waals surface area contributed by atoms with Gasteiger partial charge in [0.15, 0.2) is 0 Å². The number of carbonyl (C=O) groups is 1. The average molecular weight is 247 g/mol. The molecule has 1 aliphatic rings. The molecule has 0 radical (unpaired) electrons. The highest BCUT2D eigenvalue weighted by atomic mass is 19.1. The molecule has 0 atom stereocenters. The molecule has 1 saturated carbocycles. The molecular formula is C15H18FNO. The molecule has 3 heteroatoms. The largest absolute Gasteiger partial charge is 0.299 e. The summed E-state index contributed by atoms with van der Waals surface area (Å²) in [6, 6.07) is 4.93. The van der Waals surface area contributed by atoms with E-state index >= 15 is 0 Å². The molecule has 2 rings (SSSR count). The van der Waals surface area contributed by atoms with Gasteiger partial charge in [0.1, 0.15) is 11.6 Å². The van der Waals surface area contributed by atoms with Crippen LogP contribution < -0.4 is 0 Å². The molecule has 0 heterocycles. The number of aliphatic imine (C=N–C) groups is 1. The quantitative estimate of drug-likeness (QED) is 0.738. The van der Waals surface area contributed by atoms with Crippen LogP contribution in [0.3, 0.4) is 0 Å². The molecule has 1 aromatic carbocycles. The van der Waals surface area contributed by atoms with Crippen LogP contribution in [-0.2, 0) is 4.79 Å². The third-order valence-electron chi connectivity index (χ3n) is 3.20. The van der Waals surface area contributed by atoms with Crippen molar-refractivity contribution in [3.05, 3.63) is 29.6 Å². The molecule has 0 N–H and O–H groups in total. The van der Waals surface area contributed by atoms with Crippen molar-refractivity contribution in [2.45, 2.75) is 40.0 Å². The van der Waals surface area contributed by atoms with Gasteiger partial charge in [-0.2, -0.15) is 0 Å². The van der Waals surface area contributed by atoms with E-state index in [0.29, 0.717) is 24.1 Å². The first-order chi connectivity index (χ1) is 8.35. The molecule has 0 spiro atoms. The second kappa shape index (κ2) is 4.63. The van der Waals surface area contributed by atoms with Crippen molar-refractivity contribution in [3.63, 3.8) is 0 Å². The summed E-state index contributed by atoms with van der Waals surface area (Å²) in [4.78, 5) is 16.1. The number of hydrogen-bond acceptors (Lipinski definition) is 2. The Kier molecular flexibility index (Phi) is 3.33. The molecule has 18 heavy (non-hydrogen) atoms. The maximum atomic E-state index is 13.4. The second-order valence-electron chi connectivity index (χ2n) is 5.84. The molecule has 0 aliphatic heterocycles. The summed E-state index contributed by atoms with van der Waals surface area (Å²) in [5, 5.41) is 0. The predicted octanol–water partition coefficient (Wildman–Crippen LogP) is 3.99. The zero-order valence-electron chi connectivity index (χ0n) is 11.1. The maximum absolute atomic E-state index is 13.4. The van der Waals surface area contributed by atoms with E-state index in [0.717, 1.165) is 12.1 Å². The van der Waals surface area contributed by atoms with Crippen LogP contribution in [0.4, 0.5) is 10.1 Å². The van der Waals surface area contributed by atoms with E-state index in [4.69, 9.17) is 0 Å². The number of ketones is 1. The minimum absolute atomic E-state index is 0.0303. The Balaban J connectivity index is 2.27. The lowest BCUT2D eigenvalue weighted by Crippen LogP contribution is -2.28. The molecular weight excluding hydrogens is 229 g/mol. The van der Waals surface area contributed by atoms with Crippen molar-refractivity contribution in [1.29, 1.82) is 0 Å². The summed E-state index contributed by atoms with van der Waals surface area (Å²) in [6.07, 6.45) is 1.81. The van der Waals surface area contributed by atoms with Gasteiger partial charge in [-0.25, -0.2) is 4.39 Å². The lowest BCUT2D eigenvalue weighted by Gasteiger charge is -2.29. The van der Waals surface area contributed by atoms with Gasteiger partial charge in [0.2, 0.25) is 0 Å². The molecule has 1 aromatic rings. The zero-order valence-corrected chi connectivity index (χ0v) is 11.1. The van der Waals surface area contributed by atoms with Gasteiger partial charge in [-0.1, -0.05) is 19.9 Å². The highest BCUT2D eigenvalue weighted by Gasteiger charge is 2.30. The molecule has 0 aromatic heterocycles. The van der Waals surface area contributed by atoms with Crippen molar-refractivity contribution in [3.8, 4) is 0 Å². The summed E-state index contributed by atoms with van der Waals surface area (Å²) in [5.74, 6) is -0.0316. The van der Waals surface area contributed by atoms with Crippen LogP contribution in [0, 0.1) is 18.2 Å². The summed E-state index contributed by atoms with van der Waals surface area (Å²) >= 11 is 0. The molecule has 2 nitrogen and oxygen atoms in total. The zero-order chi connectivity index (χ0) is 13.3. The number of nitrogens with zero attached hydrogens (tertiary/aromatic N) is 1. The summed E-state index contributed by atoms with van der Waals surface area (Å²) in [7, 11) is 0. The van der Waals surface area contributed by atoms with Gasteiger partial charge in [-0.3, -0.25) is 9.79 Å². The minimum Gasteiger partial charge on any atom is -0.299 e. The summed E-state index contributed by atoms with van der Waals surface area (Å²) < 4.78 is 13.4. The van der Waals surface area contributed by atoms with Gasteiger partial charge < -0.3 is 0 Å². The van der Waals surface area contributed by atoms with Crippen molar-refractivity contribution >= 4 is 17.2 Å². The Hall–Kier alpha value is -1.51. The fourth-order valence-electron chi connectivity index (χ4n) is 2.41. The topological polar surface area (TPSA) is 29.4 Å². The lowest BCUT2D eigenvalue weighted by molar-refractivity contribution is -0.120. The first-order valence-corrected chi connectivity index (χ1v) is 6.20. The summed E-state index contributed by atoms with van der Waals surface area (Å²) in [6.45, 7) is 5.85. The Labute approximate surface area is 107 Å². The average Bonchev–Trinajstić information content (AvgIpc) is 2.20. The summed E-state index contributed by atoms with van der Waals surface area (Å²) in [5.41, 5.74) is 2.04. The SMILES string of the molecule is Cc1ccc(N=C2CC(=O)CC(C)(C)C2)cc1F. The number of halogens is 1. The number of Topliss-reactive ketones (excluding diaryl/α,β-unsaturated/α-hetero) is 1. The molecule has 0 saturated heterocycles. The van der Waals surface area contributed by atoms with Gasteiger partial charge in [0.05, 0.1) is 5.69 Å². The fraction of sp³-hybridized carbons (Fsp3) is 0.467. The van der Waals surface area contributed by atoms with Crippen LogP contribution >= 0.6 is 0 Å². The maximum Gasteiger partial charge on any atom is 0.139 e. The van der Waals surface area contributed by atoms with E-state index in [1.165, 1.54) is 6.07 Å². The second-order valence-corrected chi connectivity index (χ2v) is 5.84. The van der Waals surface area contributed by atoms with E-state index in [-0.39, 0.29) is 17.0 Å². The van der Waals surface area contributed by atoms with Crippen molar-refractivity contribution in [2.75, 3.05) is 0 Å². The highest BCUT2D eigenvalue weighted by molar-refractivity contribution is 6.05. The normalized spacial score (nSPS) is 21.3. The van der Waals surface area contributed by atoms with Crippen LogP contribution in [0.2, 0.25) is 0 Å². The number of aryl methyl sites for hydroxylation is 1. The monoisotopic (exact) mass is 247 g/mol. The molecule has 96 valence electrons. The number of rotatable bonds is 1. The fourth-order valence-corrected chi connectivity index (χ4v) is 2.41. The third-order valence-corrected chi connectivity index (χ3v) is 3.20. The number of carbonyl (C=O) groups excluding carboxylic acids is 1. The van der Waals surface area contributed by atoms with Crippen molar-refractivity contribution in [2.24, 2.45) is 10.4 Å². The van der Waals surface area contributed by atoms with Gasteiger partial charge in [-0.05, 0) is 36.5 Å². The van der Waals surface area contributed by atoms with E-state index in [9.17, 15) is 9.18 Å². The first kappa shape index (κ1) is 12.9. The number of hydrogen-bond donors (Lipinski definition) is 0. The van der Waals surface area contributed by atoms with Crippen LogP contribution in [0.15, 0.2) is 23.2 Å². The van der Waals surface area contributed by atoms with Crippen LogP contribution in [-0.4, -0.2) is 11.5 Å². The van der Waals surface area contributed by atoms with Crippen LogP contribution in [0.1, 0.15) is 38.7 Å². The molecule has 0 unspecified atom stereocenters. The van der Waals surface area contributed by atoms with Crippen LogP contribution in [0.5, 0.6) is 0 Å². The van der Waals surface area contributed by atoms with Gasteiger partial charge in [0.25, 0.3) is 0 Å². The Bertz CT molecular complexity index is 517. The van der Waals surface area contributed by atoms with E-state index in [2.05, 4.69) is 18.8 Å². The van der Waals surface area contributed by atoms with E-state index in [1.807, 2.05) is 0 Å². The minimum atomic E-state index is -0.252. The standard InChI is InChI=1S/C15H18FNO/c1-10-4-5-11(7-14(10)16)17-12-6-13(18)9-15(2,3)8-12/h4-5,7H,6,8-9H2,1-3H3. The van der Waals surface area contributed by atoms with Crippen molar-refractivity contribution < 1.29 is 9.18 Å². The van der Waals surface area contributed by atoms with Gasteiger partial charge >= 0.3 is 0 Å². The molecule has 1 aliphatic carbocycles. The Morgan fingerprint density at radius 3 is 2.61 bits per heavy atom.